The predicted molar refractivity (Wildman–Crippen MR) is 72.9 cm³/mol. The number of aliphatic imine (C=N–C) groups is 1. The van der Waals surface area contributed by atoms with Gasteiger partial charge in [0.2, 0.25) is 0 Å². The molecule has 0 aliphatic heterocycles. The molecule has 0 radical (unpaired) electrons. The van der Waals surface area contributed by atoms with Crippen LogP contribution in [0.2, 0.25) is 0 Å². The molecule has 0 saturated heterocycles. The fourth-order valence-electron chi connectivity index (χ4n) is 0.766. The van der Waals surface area contributed by atoms with Gasteiger partial charge in [0, 0.05) is 10.2 Å². The van der Waals surface area contributed by atoms with Crippen molar-refractivity contribution < 1.29 is 0 Å². The van der Waals surface area contributed by atoms with Crippen LogP contribution in [-0.2, 0) is 0 Å². The Morgan fingerprint density at radius 3 is 3.00 bits per heavy atom. The molecule has 0 saturated carbocycles. The predicted octanol–water partition coefficient (Wildman–Crippen LogP) is 3.61. The van der Waals surface area contributed by atoms with Gasteiger partial charge < -0.3 is 5.32 Å². The highest BCUT2D eigenvalue weighted by Gasteiger charge is 1.94. The monoisotopic (exact) mass is 368 g/mol. The molecule has 0 aromatic heterocycles. The van der Waals surface area contributed by atoms with E-state index in [-0.39, 0.29) is 0 Å². The van der Waals surface area contributed by atoms with Gasteiger partial charge in [-0.05, 0) is 53.0 Å². The highest BCUT2D eigenvalue weighted by atomic mass is 127. The van der Waals surface area contributed by atoms with Gasteiger partial charge in [0.1, 0.15) is 0 Å². The number of halogens is 2. The van der Waals surface area contributed by atoms with E-state index in [1.54, 1.807) is 4.22 Å². The van der Waals surface area contributed by atoms with Crippen LogP contribution in [-0.4, -0.2) is 9.33 Å². The number of thiocarbonyl (C=S) groups is 1. The first kappa shape index (κ1) is 11.1. The molecule has 1 aromatic carbocycles. The Morgan fingerprint density at radius 2 is 2.38 bits per heavy atom. The fraction of sp³-hybridized carbons (Fsp3) is 0. The van der Waals surface area contributed by atoms with Crippen molar-refractivity contribution in [2.75, 3.05) is 5.32 Å². The largest absolute Gasteiger partial charge is 0.331 e. The van der Waals surface area contributed by atoms with E-state index in [1.807, 2.05) is 46.9 Å². The summed E-state index contributed by atoms with van der Waals surface area (Å²) in [5, 5.41) is 3.45. The maximum atomic E-state index is 4.95. The number of hydrogen-bond donors (Lipinski definition) is 1. The average Bonchev–Trinajstić information content (AvgIpc) is 2.04. The van der Waals surface area contributed by atoms with E-state index >= 15 is 0 Å². The van der Waals surface area contributed by atoms with Crippen LogP contribution >= 0.6 is 50.7 Å². The van der Waals surface area contributed by atoms with Gasteiger partial charge >= 0.3 is 0 Å². The normalized spacial score (nSPS) is 10.3. The van der Waals surface area contributed by atoms with E-state index in [9.17, 15) is 0 Å². The van der Waals surface area contributed by atoms with Crippen molar-refractivity contribution in [1.82, 2.24) is 0 Å². The van der Waals surface area contributed by atoms with Crippen molar-refractivity contribution in [3.8, 4) is 0 Å². The molecule has 68 valence electrons. The Hall–Kier alpha value is -0.0100. The molecule has 0 fully saturated rings. The first-order valence-electron chi connectivity index (χ1n) is 3.41. The van der Waals surface area contributed by atoms with Crippen LogP contribution in [0.4, 0.5) is 5.69 Å². The highest BCUT2D eigenvalue weighted by molar-refractivity contribution is 14.1. The van der Waals surface area contributed by atoms with Gasteiger partial charge in [-0.15, -0.1) is 0 Å². The summed E-state index contributed by atoms with van der Waals surface area (Å²) in [6, 6.07) is 7.76. The Morgan fingerprint density at radius 1 is 1.62 bits per heavy atom. The van der Waals surface area contributed by atoms with Crippen molar-refractivity contribution in [3.05, 3.63) is 28.7 Å². The number of benzene rings is 1. The van der Waals surface area contributed by atoms with E-state index in [0.717, 1.165) is 10.2 Å². The molecule has 1 rings (SSSR count). The van der Waals surface area contributed by atoms with Crippen LogP contribution < -0.4 is 5.32 Å². The summed E-state index contributed by atoms with van der Waals surface area (Å²) in [5.41, 5.74) is 0.932. The second-order valence-electron chi connectivity index (χ2n) is 2.17. The van der Waals surface area contributed by atoms with Crippen LogP contribution in [0.3, 0.4) is 0 Å². The van der Waals surface area contributed by atoms with Crippen LogP contribution in [0, 0.1) is 0 Å². The van der Waals surface area contributed by atoms with Crippen LogP contribution in [0.5, 0.6) is 0 Å². The SMILES string of the molecule is S=C(N=CI)Nc1cccc(Br)c1. The Balaban J connectivity index is 2.69. The molecule has 0 aliphatic rings. The maximum absolute atomic E-state index is 4.95. The van der Waals surface area contributed by atoms with Gasteiger partial charge in [-0.3, -0.25) is 0 Å². The third-order valence-corrected chi connectivity index (χ3v) is 2.22. The Labute approximate surface area is 104 Å². The summed E-state index contributed by atoms with van der Waals surface area (Å²) < 4.78 is 2.64. The van der Waals surface area contributed by atoms with Gasteiger partial charge in [-0.25, -0.2) is 4.99 Å². The molecule has 0 amide bonds. The lowest BCUT2D eigenvalue weighted by molar-refractivity contribution is 1.58. The maximum Gasteiger partial charge on any atom is 0.197 e. The minimum atomic E-state index is 0.465. The third-order valence-electron chi connectivity index (χ3n) is 1.24. The van der Waals surface area contributed by atoms with Crippen LogP contribution in [0.25, 0.3) is 0 Å². The number of rotatable bonds is 1. The smallest absolute Gasteiger partial charge is 0.197 e. The fourth-order valence-corrected chi connectivity index (χ4v) is 1.80. The van der Waals surface area contributed by atoms with Crippen LogP contribution in [0.1, 0.15) is 0 Å². The minimum absolute atomic E-state index is 0.465. The molecule has 0 aliphatic carbocycles. The van der Waals surface area contributed by atoms with E-state index in [2.05, 4.69) is 26.2 Å². The molecule has 5 heteroatoms. The summed E-state index contributed by atoms with van der Waals surface area (Å²) in [4.78, 5) is 3.92. The third kappa shape index (κ3) is 4.15. The average molecular weight is 369 g/mol. The molecule has 13 heavy (non-hydrogen) atoms. The molecular weight excluding hydrogens is 363 g/mol. The highest BCUT2D eigenvalue weighted by Crippen LogP contribution is 2.15. The zero-order valence-corrected chi connectivity index (χ0v) is 11.1. The Kier molecular flexibility index (Phi) is 4.82. The van der Waals surface area contributed by atoms with Crippen molar-refractivity contribution >= 4 is 65.8 Å². The van der Waals surface area contributed by atoms with Crippen molar-refractivity contribution in [2.45, 2.75) is 0 Å². The summed E-state index contributed by atoms with van der Waals surface area (Å²) in [7, 11) is 0. The summed E-state index contributed by atoms with van der Waals surface area (Å²) >= 11 is 10.3. The minimum Gasteiger partial charge on any atom is -0.331 e. The molecule has 1 N–H and O–H groups in total. The summed E-state index contributed by atoms with van der Waals surface area (Å²) in [5.74, 6) is 0. The lowest BCUT2D eigenvalue weighted by Gasteiger charge is -2.02. The van der Waals surface area contributed by atoms with Gasteiger partial charge in [0.15, 0.2) is 5.11 Å². The van der Waals surface area contributed by atoms with E-state index < -0.39 is 0 Å². The number of nitrogens with zero attached hydrogens (tertiary/aromatic N) is 1. The second-order valence-corrected chi connectivity index (χ2v) is 4.03. The van der Waals surface area contributed by atoms with E-state index in [4.69, 9.17) is 12.2 Å². The number of anilines is 1. The topological polar surface area (TPSA) is 24.4 Å². The zero-order chi connectivity index (χ0) is 9.68. The molecule has 0 bridgehead atoms. The molecule has 0 unspecified atom stereocenters. The second kappa shape index (κ2) is 5.66. The lowest BCUT2D eigenvalue weighted by Crippen LogP contribution is -2.04. The first-order chi connectivity index (χ1) is 6.22. The molecule has 2 nitrogen and oxygen atoms in total. The molecular formula is C8H6BrIN2S. The van der Waals surface area contributed by atoms with E-state index in [1.165, 1.54) is 0 Å². The summed E-state index contributed by atoms with van der Waals surface area (Å²) in [6.07, 6.45) is 0. The molecule has 0 heterocycles. The summed E-state index contributed by atoms with van der Waals surface area (Å²) in [6.45, 7) is 0. The number of nitrogens with one attached hydrogen (secondary N) is 1. The Bertz CT molecular complexity index is 341. The first-order valence-corrected chi connectivity index (χ1v) is 5.86. The standard InChI is InChI=1S/C8H6BrIN2S/c9-6-2-1-3-7(4-6)12-8(13)11-5-10/h1-5H,(H,12,13). The number of hydrogen-bond acceptors (Lipinski definition) is 1. The van der Waals surface area contributed by atoms with Crippen molar-refractivity contribution in [1.29, 1.82) is 0 Å². The molecule has 0 spiro atoms. The van der Waals surface area contributed by atoms with Crippen molar-refractivity contribution in [2.24, 2.45) is 4.99 Å². The van der Waals surface area contributed by atoms with Gasteiger partial charge in [0.25, 0.3) is 0 Å². The van der Waals surface area contributed by atoms with Gasteiger partial charge in [0.05, 0.1) is 4.22 Å². The van der Waals surface area contributed by atoms with Gasteiger partial charge in [-0.2, -0.15) is 0 Å². The quantitative estimate of drug-likeness (QED) is 0.465. The zero-order valence-electron chi connectivity index (χ0n) is 6.50. The van der Waals surface area contributed by atoms with E-state index in [0.29, 0.717) is 5.11 Å². The molecule has 1 aromatic rings. The van der Waals surface area contributed by atoms with Crippen molar-refractivity contribution in [3.63, 3.8) is 0 Å². The van der Waals surface area contributed by atoms with Gasteiger partial charge in [-0.1, -0.05) is 22.0 Å². The molecule has 0 atom stereocenters. The lowest BCUT2D eigenvalue weighted by atomic mass is 10.3. The van der Waals surface area contributed by atoms with Crippen LogP contribution in [0.15, 0.2) is 33.7 Å².